The first-order chi connectivity index (χ1) is 7.74. The van der Waals surface area contributed by atoms with Crippen molar-refractivity contribution in [2.24, 2.45) is 7.05 Å². The number of esters is 1. The lowest BCUT2D eigenvalue weighted by Gasteiger charge is -2.05. The summed E-state index contributed by atoms with van der Waals surface area (Å²) in [6.45, 7) is 2.18. The van der Waals surface area contributed by atoms with Crippen LogP contribution in [0.5, 0.6) is 0 Å². The zero-order valence-corrected chi connectivity index (χ0v) is 9.36. The second kappa shape index (κ2) is 4.26. The highest BCUT2D eigenvalue weighted by molar-refractivity contribution is 5.95. The Balaban J connectivity index is 2.44. The lowest BCUT2D eigenvalue weighted by Crippen LogP contribution is -2.10. The van der Waals surface area contributed by atoms with E-state index in [0.29, 0.717) is 12.3 Å². The Labute approximate surface area is 93.9 Å². The number of H-pyrrole nitrogens is 1. The number of carbonyl (C=O) groups excluding carboxylic acids is 1. The van der Waals surface area contributed by atoms with Gasteiger partial charge in [0.1, 0.15) is 5.69 Å². The van der Waals surface area contributed by atoms with E-state index in [9.17, 15) is 4.79 Å². The fourth-order valence-electron chi connectivity index (χ4n) is 1.70. The molecule has 2 heterocycles. The van der Waals surface area contributed by atoms with Crippen LogP contribution in [0.1, 0.15) is 17.4 Å². The van der Waals surface area contributed by atoms with E-state index < -0.39 is 0 Å². The molecule has 0 aliphatic carbocycles. The molecule has 0 amide bonds. The number of carbonyl (C=O) groups is 1. The molecule has 16 heavy (non-hydrogen) atoms. The molecular weight excluding hydrogens is 204 g/mol. The molecule has 0 aromatic carbocycles. The van der Waals surface area contributed by atoms with Crippen LogP contribution in [-0.2, 0) is 11.8 Å². The van der Waals surface area contributed by atoms with Gasteiger partial charge in [-0.3, -0.25) is 0 Å². The quantitative estimate of drug-likeness (QED) is 0.803. The Morgan fingerprint density at radius 1 is 1.50 bits per heavy atom. The van der Waals surface area contributed by atoms with Gasteiger partial charge in [0.15, 0.2) is 0 Å². The van der Waals surface area contributed by atoms with Gasteiger partial charge in [-0.25, -0.2) is 4.79 Å². The molecular formula is C12H14N2O2. The lowest BCUT2D eigenvalue weighted by atomic mass is 10.2. The Kier molecular flexibility index (Phi) is 2.81. The molecule has 0 spiro atoms. The zero-order chi connectivity index (χ0) is 11.5. The second-order valence-electron chi connectivity index (χ2n) is 3.49. The normalized spacial score (nSPS) is 10.4. The number of ether oxygens (including phenoxy) is 1. The summed E-state index contributed by atoms with van der Waals surface area (Å²) in [7, 11) is 1.83. The maximum atomic E-state index is 11.8. The molecule has 0 saturated carbocycles. The van der Waals surface area contributed by atoms with Crippen LogP contribution in [0.4, 0.5) is 0 Å². The third kappa shape index (κ3) is 1.74. The molecule has 2 aromatic heterocycles. The number of aromatic amines is 1. The number of rotatable bonds is 3. The Hall–Kier alpha value is -1.97. The predicted molar refractivity (Wildman–Crippen MR) is 61.2 cm³/mol. The highest BCUT2D eigenvalue weighted by atomic mass is 16.5. The maximum Gasteiger partial charge on any atom is 0.355 e. The fraction of sp³-hybridized carbons (Fsp3) is 0.250. The highest BCUT2D eigenvalue weighted by Crippen LogP contribution is 2.23. The smallest absolute Gasteiger partial charge is 0.355 e. The van der Waals surface area contributed by atoms with E-state index in [4.69, 9.17) is 4.74 Å². The highest BCUT2D eigenvalue weighted by Gasteiger charge is 2.17. The Morgan fingerprint density at radius 2 is 2.31 bits per heavy atom. The van der Waals surface area contributed by atoms with Gasteiger partial charge in [0.25, 0.3) is 0 Å². The summed E-state index contributed by atoms with van der Waals surface area (Å²) in [6.07, 6.45) is 3.68. The van der Waals surface area contributed by atoms with Crippen molar-refractivity contribution in [1.29, 1.82) is 0 Å². The second-order valence-corrected chi connectivity index (χ2v) is 3.49. The fourth-order valence-corrected chi connectivity index (χ4v) is 1.70. The first-order valence-corrected chi connectivity index (χ1v) is 5.20. The average Bonchev–Trinajstić information content (AvgIpc) is 2.86. The van der Waals surface area contributed by atoms with Gasteiger partial charge in [-0.1, -0.05) is 0 Å². The molecule has 0 fully saturated rings. The molecule has 0 aliphatic rings. The van der Waals surface area contributed by atoms with E-state index in [-0.39, 0.29) is 5.97 Å². The molecule has 84 valence electrons. The van der Waals surface area contributed by atoms with Crippen molar-refractivity contribution in [1.82, 2.24) is 9.55 Å². The van der Waals surface area contributed by atoms with Crippen molar-refractivity contribution in [2.75, 3.05) is 6.61 Å². The van der Waals surface area contributed by atoms with E-state index in [1.54, 1.807) is 11.5 Å². The van der Waals surface area contributed by atoms with E-state index in [0.717, 1.165) is 11.3 Å². The van der Waals surface area contributed by atoms with Crippen LogP contribution in [0.25, 0.3) is 11.3 Å². The largest absolute Gasteiger partial charge is 0.461 e. The lowest BCUT2D eigenvalue weighted by molar-refractivity contribution is 0.0516. The predicted octanol–water partition coefficient (Wildman–Crippen LogP) is 2.20. The molecule has 4 nitrogen and oxygen atoms in total. The molecule has 0 radical (unpaired) electrons. The van der Waals surface area contributed by atoms with Crippen LogP contribution in [0.2, 0.25) is 0 Å². The summed E-state index contributed by atoms with van der Waals surface area (Å²) < 4.78 is 6.80. The number of aryl methyl sites for hydroxylation is 1. The van der Waals surface area contributed by atoms with Crippen LogP contribution < -0.4 is 0 Å². The topological polar surface area (TPSA) is 47.0 Å². The molecule has 0 saturated heterocycles. The Morgan fingerprint density at radius 3 is 2.94 bits per heavy atom. The monoisotopic (exact) mass is 218 g/mol. The molecule has 4 heteroatoms. The molecule has 0 unspecified atom stereocenters. The van der Waals surface area contributed by atoms with Gasteiger partial charge in [0.2, 0.25) is 0 Å². The van der Waals surface area contributed by atoms with Crippen molar-refractivity contribution >= 4 is 5.97 Å². The minimum Gasteiger partial charge on any atom is -0.461 e. The van der Waals surface area contributed by atoms with Crippen molar-refractivity contribution < 1.29 is 9.53 Å². The maximum absolute atomic E-state index is 11.8. The minimum atomic E-state index is -0.292. The minimum absolute atomic E-state index is 0.292. The number of nitrogens with zero attached hydrogens (tertiary/aromatic N) is 1. The van der Waals surface area contributed by atoms with Gasteiger partial charge in [-0.2, -0.15) is 0 Å². The first kappa shape index (κ1) is 10.5. The van der Waals surface area contributed by atoms with Crippen LogP contribution in [-0.4, -0.2) is 22.1 Å². The van der Waals surface area contributed by atoms with Gasteiger partial charge in [0.05, 0.1) is 6.61 Å². The summed E-state index contributed by atoms with van der Waals surface area (Å²) in [5.74, 6) is -0.292. The molecule has 0 atom stereocenters. The van der Waals surface area contributed by atoms with Gasteiger partial charge < -0.3 is 14.3 Å². The standard InChI is InChI=1S/C12H14N2O2/c1-3-16-12(15)11-9(6-8-14(11)2)10-5-4-7-13-10/h4-8,13H,3H2,1-2H3. The van der Waals surface area contributed by atoms with Crippen molar-refractivity contribution in [3.8, 4) is 11.3 Å². The average molecular weight is 218 g/mol. The molecule has 1 N–H and O–H groups in total. The molecule has 2 rings (SSSR count). The number of aromatic nitrogens is 2. The molecule has 0 bridgehead atoms. The van der Waals surface area contributed by atoms with Gasteiger partial charge >= 0.3 is 5.97 Å². The van der Waals surface area contributed by atoms with Crippen LogP contribution in [0.15, 0.2) is 30.6 Å². The van der Waals surface area contributed by atoms with E-state index in [2.05, 4.69) is 4.98 Å². The third-order valence-corrected chi connectivity index (χ3v) is 2.43. The summed E-state index contributed by atoms with van der Waals surface area (Å²) in [5, 5.41) is 0. The Bertz CT molecular complexity index is 483. The van der Waals surface area contributed by atoms with E-state index in [1.807, 2.05) is 37.6 Å². The number of hydrogen-bond acceptors (Lipinski definition) is 2. The van der Waals surface area contributed by atoms with Crippen molar-refractivity contribution in [3.63, 3.8) is 0 Å². The summed E-state index contributed by atoms with van der Waals surface area (Å²) in [6, 6.07) is 5.73. The summed E-state index contributed by atoms with van der Waals surface area (Å²) >= 11 is 0. The van der Waals surface area contributed by atoms with Gasteiger partial charge in [0, 0.05) is 30.7 Å². The van der Waals surface area contributed by atoms with Gasteiger partial charge in [-0.15, -0.1) is 0 Å². The SMILES string of the molecule is CCOC(=O)c1c(-c2ccc[nH]2)ccn1C. The zero-order valence-electron chi connectivity index (χ0n) is 9.36. The van der Waals surface area contributed by atoms with Gasteiger partial charge in [-0.05, 0) is 25.1 Å². The summed E-state index contributed by atoms with van der Waals surface area (Å²) in [4.78, 5) is 14.9. The number of hydrogen-bond donors (Lipinski definition) is 1. The van der Waals surface area contributed by atoms with Crippen molar-refractivity contribution in [3.05, 3.63) is 36.3 Å². The van der Waals surface area contributed by atoms with E-state index >= 15 is 0 Å². The van der Waals surface area contributed by atoms with Crippen molar-refractivity contribution in [2.45, 2.75) is 6.92 Å². The van der Waals surface area contributed by atoms with Crippen LogP contribution in [0, 0.1) is 0 Å². The number of nitrogens with one attached hydrogen (secondary N) is 1. The van der Waals surface area contributed by atoms with E-state index in [1.165, 1.54) is 0 Å². The van der Waals surface area contributed by atoms with Crippen LogP contribution >= 0.6 is 0 Å². The molecule has 0 aliphatic heterocycles. The first-order valence-electron chi connectivity index (χ1n) is 5.20. The third-order valence-electron chi connectivity index (χ3n) is 2.43. The summed E-state index contributed by atoms with van der Waals surface area (Å²) in [5.41, 5.74) is 2.36. The van der Waals surface area contributed by atoms with Crippen LogP contribution in [0.3, 0.4) is 0 Å². The molecule has 2 aromatic rings.